The molecule has 0 fully saturated rings. The van der Waals surface area contributed by atoms with Gasteiger partial charge in [0.15, 0.2) is 11.5 Å². The van der Waals surface area contributed by atoms with Crippen LogP contribution in [0.4, 0.5) is 0 Å². The number of H-pyrrole nitrogens is 1. The van der Waals surface area contributed by atoms with E-state index in [9.17, 15) is 4.79 Å². The van der Waals surface area contributed by atoms with Gasteiger partial charge in [-0.15, -0.1) is 0 Å². The molecule has 0 aliphatic carbocycles. The van der Waals surface area contributed by atoms with Gasteiger partial charge in [-0.2, -0.15) is 5.26 Å². The zero-order valence-corrected chi connectivity index (χ0v) is 12.3. The molecule has 0 aliphatic heterocycles. The van der Waals surface area contributed by atoms with E-state index in [1.165, 1.54) is 6.92 Å². The molecule has 0 aliphatic rings. The number of hydrogen-bond donors (Lipinski definition) is 1. The van der Waals surface area contributed by atoms with Crippen molar-refractivity contribution in [3.63, 3.8) is 0 Å². The quantitative estimate of drug-likeness (QED) is 0.746. The number of ether oxygens (including phenoxy) is 1. The summed E-state index contributed by atoms with van der Waals surface area (Å²) in [6, 6.07) is 16.8. The number of aromatic nitrogens is 3. The fourth-order valence-corrected chi connectivity index (χ4v) is 2.08. The van der Waals surface area contributed by atoms with Crippen LogP contribution in [0, 0.1) is 11.3 Å². The molecule has 1 heterocycles. The lowest BCUT2D eigenvalue weighted by atomic mass is 10.0. The molecule has 3 rings (SSSR count). The minimum Gasteiger partial charge on any atom is -0.436 e. The van der Waals surface area contributed by atoms with Gasteiger partial charge >= 0.3 is 0 Å². The van der Waals surface area contributed by atoms with Crippen LogP contribution in [0.2, 0.25) is 0 Å². The van der Waals surface area contributed by atoms with Gasteiger partial charge in [-0.3, -0.25) is 9.89 Å². The Labute approximate surface area is 132 Å². The number of benzene rings is 2. The summed E-state index contributed by atoms with van der Waals surface area (Å²) in [6.45, 7) is 1.41. The topological polar surface area (TPSA) is 91.7 Å². The maximum absolute atomic E-state index is 11.4. The highest BCUT2D eigenvalue weighted by Gasteiger charge is 2.13. The highest BCUT2D eigenvalue weighted by Crippen LogP contribution is 2.26. The molecule has 1 aromatic heterocycles. The number of hydrogen-bond acceptors (Lipinski definition) is 5. The lowest BCUT2D eigenvalue weighted by Gasteiger charge is -2.05. The third-order valence-electron chi connectivity index (χ3n) is 3.28. The predicted molar refractivity (Wildman–Crippen MR) is 83.1 cm³/mol. The van der Waals surface area contributed by atoms with E-state index >= 15 is 0 Å². The van der Waals surface area contributed by atoms with E-state index in [1.54, 1.807) is 24.3 Å². The van der Waals surface area contributed by atoms with E-state index in [2.05, 4.69) is 21.5 Å². The normalized spacial score (nSPS) is 10.1. The first-order valence-electron chi connectivity index (χ1n) is 6.88. The highest BCUT2D eigenvalue weighted by molar-refractivity contribution is 5.94. The van der Waals surface area contributed by atoms with E-state index in [0.29, 0.717) is 11.3 Å². The van der Waals surface area contributed by atoms with E-state index in [4.69, 9.17) is 10.00 Å². The molecule has 3 aromatic rings. The second kappa shape index (κ2) is 6.12. The van der Waals surface area contributed by atoms with Crippen LogP contribution in [0.25, 0.3) is 11.1 Å². The third-order valence-corrected chi connectivity index (χ3v) is 3.28. The van der Waals surface area contributed by atoms with Crippen molar-refractivity contribution in [3.8, 4) is 28.8 Å². The van der Waals surface area contributed by atoms with Gasteiger partial charge in [0.2, 0.25) is 0 Å². The molecule has 6 nitrogen and oxygen atoms in total. The van der Waals surface area contributed by atoms with Crippen molar-refractivity contribution in [2.24, 2.45) is 0 Å². The van der Waals surface area contributed by atoms with Crippen LogP contribution < -0.4 is 4.74 Å². The Kier molecular flexibility index (Phi) is 3.85. The van der Waals surface area contributed by atoms with Gasteiger partial charge < -0.3 is 4.74 Å². The molecule has 1 N–H and O–H groups in total. The first-order valence-corrected chi connectivity index (χ1v) is 6.88. The number of aromatic amines is 1. The molecule has 112 valence electrons. The van der Waals surface area contributed by atoms with Crippen molar-refractivity contribution in [1.29, 1.82) is 5.26 Å². The van der Waals surface area contributed by atoms with E-state index in [0.717, 1.165) is 11.1 Å². The maximum atomic E-state index is 11.4. The Morgan fingerprint density at radius 3 is 2.26 bits per heavy atom. The Bertz CT molecular complexity index is 874. The molecular weight excluding hydrogens is 292 g/mol. The van der Waals surface area contributed by atoms with Crippen molar-refractivity contribution < 1.29 is 9.53 Å². The first kappa shape index (κ1) is 14.5. The van der Waals surface area contributed by atoms with Crippen molar-refractivity contribution >= 4 is 5.78 Å². The van der Waals surface area contributed by atoms with Gasteiger partial charge in [-0.25, -0.2) is 0 Å². The number of rotatable bonds is 4. The van der Waals surface area contributed by atoms with Crippen LogP contribution in [-0.2, 0) is 0 Å². The largest absolute Gasteiger partial charge is 0.436 e. The molecular formula is C17H12N4O2. The van der Waals surface area contributed by atoms with Crippen LogP contribution in [0.5, 0.6) is 11.6 Å². The molecule has 23 heavy (non-hydrogen) atoms. The zero-order chi connectivity index (χ0) is 16.2. The number of nitrogens with one attached hydrogen (secondary N) is 1. The Morgan fingerprint density at radius 1 is 1.09 bits per heavy atom. The molecule has 0 spiro atoms. The average Bonchev–Trinajstić information content (AvgIpc) is 3.04. The molecule has 0 radical (unpaired) electrons. The molecule has 0 amide bonds. The van der Waals surface area contributed by atoms with Crippen molar-refractivity contribution in [1.82, 2.24) is 15.4 Å². The molecule has 0 saturated heterocycles. The number of ketones is 1. The fraction of sp³-hybridized carbons (Fsp3) is 0.0588. The number of nitrogens with zero attached hydrogens (tertiary/aromatic N) is 3. The summed E-state index contributed by atoms with van der Waals surface area (Å²) in [6.07, 6.45) is 0. The van der Waals surface area contributed by atoms with Crippen LogP contribution in [0.15, 0.2) is 48.5 Å². The monoisotopic (exact) mass is 304 g/mol. The van der Waals surface area contributed by atoms with E-state index in [-0.39, 0.29) is 17.4 Å². The summed E-state index contributed by atoms with van der Waals surface area (Å²) in [7, 11) is 0. The molecule has 2 aromatic carbocycles. The SMILES string of the molecule is CC(=O)c1[nH]nnc1Oc1ccc(-c2ccc(C#N)cc2)cc1. The van der Waals surface area contributed by atoms with E-state index in [1.807, 2.05) is 24.3 Å². The van der Waals surface area contributed by atoms with Gasteiger partial charge in [-0.1, -0.05) is 34.6 Å². The van der Waals surface area contributed by atoms with Crippen molar-refractivity contribution in [2.45, 2.75) is 6.92 Å². The van der Waals surface area contributed by atoms with Crippen LogP contribution in [0.3, 0.4) is 0 Å². The van der Waals surface area contributed by atoms with Crippen molar-refractivity contribution in [3.05, 3.63) is 59.8 Å². The lowest BCUT2D eigenvalue weighted by molar-refractivity contribution is 0.101. The van der Waals surface area contributed by atoms with Crippen LogP contribution >= 0.6 is 0 Å². The summed E-state index contributed by atoms with van der Waals surface area (Å²) in [5, 5.41) is 18.7. The minimum atomic E-state index is -0.195. The standard InChI is InChI=1S/C17H12N4O2/c1-11(22)16-17(20-21-19-16)23-15-8-6-14(7-9-15)13-4-2-12(10-18)3-5-13/h2-9H,1H3,(H,19,20,21). The Morgan fingerprint density at radius 2 is 1.70 bits per heavy atom. The fourth-order valence-electron chi connectivity index (χ4n) is 2.08. The average molecular weight is 304 g/mol. The molecule has 0 atom stereocenters. The number of nitriles is 1. The molecule has 0 unspecified atom stereocenters. The lowest BCUT2D eigenvalue weighted by Crippen LogP contribution is -1.96. The second-order valence-corrected chi connectivity index (χ2v) is 4.86. The van der Waals surface area contributed by atoms with Gasteiger partial charge in [0.25, 0.3) is 5.88 Å². The third kappa shape index (κ3) is 3.09. The summed E-state index contributed by atoms with van der Waals surface area (Å²) < 4.78 is 5.57. The molecule has 6 heteroatoms. The summed E-state index contributed by atoms with van der Waals surface area (Å²) in [5.41, 5.74) is 2.85. The number of carbonyl (C=O) groups is 1. The smallest absolute Gasteiger partial charge is 0.269 e. The van der Waals surface area contributed by atoms with E-state index < -0.39 is 0 Å². The van der Waals surface area contributed by atoms with Crippen LogP contribution in [0.1, 0.15) is 23.0 Å². The summed E-state index contributed by atoms with van der Waals surface area (Å²) in [4.78, 5) is 11.4. The Hall–Kier alpha value is -3.46. The number of Topliss-reactive ketones (excluding diaryl/α,β-unsaturated/α-hetero) is 1. The first-order chi connectivity index (χ1) is 11.2. The number of carbonyl (C=O) groups excluding carboxylic acids is 1. The summed E-state index contributed by atoms with van der Waals surface area (Å²) in [5.74, 6) is 0.515. The molecule has 0 saturated carbocycles. The molecule has 0 bridgehead atoms. The zero-order valence-electron chi connectivity index (χ0n) is 12.3. The highest BCUT2D eigenvalue weighted by atomic mass is 16.5. The van der Waals surface area contributed by atoms with Gasteiger partial charge in [-0.05, 0) is 35.4 Å². The minimum absolute atomic E-state index is 0.156. The Balaban J connectivity index is 1.80. The van der Waals surface area contributed by atoms with Crippen LogP contribution in [-0.4, -0.2) is 21.2 Å². The predicted octanol–water partition coefficient (Wildman–Crippen LogP) is 3.34. The van der Waals surface area contributed by atoms with Gasteiger partial charge in [0.1, 0.15) is 5.75 Å². The van der Waals surface area contributed by atoms with Gasteiger partial charge in [0, 0.05) is 6.92 Å². The summed E-state index contributed by atoms with van der Waals surface area (Å²) >= 11 is 0. The second-order valence-electron chi connectivity index (χ2n) is 4.86. The maximum Gasteiger partial charge on any atom is 0.269 e. The van der Waals surface area contributed by atoms with Gasteiger partial charge in [0.05, 0.1) is 11.6 Å². The van der Waals surface area contributed by atoms with Crippen molar-refractivity contribution in [2.75, 3.05) is 0 Å².